The lowest BCUT2D eigenvalue weighted by Gasteiger charge is -2.28. The number of pyridine rings is 2. The van der Waals surface area contributed by atoms with Crippen LogP contribution in [0.1, 0.15) is 11.5 Å². The Balaban J connectivity index is 0.937. The van der Waals surface area contributed by atoms with Crippen LogP contribution in [-0.4, -0.2) is 29.7 Å². The van der Waals surface area contributed by atoms with Crippen LogP contribution in [0, 0.1) is 0 Å². The van der Waals surface area contributed by atoms with E-state index in [1.165, 1.54) is 60.3 Å². The predicted octanol–water partition coefficient (Wildman–Crippen LogP) is 14.2. The van der Waals surface area contributed by atoms with Gasteiger partial charge in [-0.05, 0) is 96.6 Å². The molecule has 12 aromatic rings. The summed E-state index contributed by atoms with van der Waals surface area (Å²) in [6.07, 6.45) is 9.11. The SMILES string of the molecule is C1=CC2c3c(ccc4c3c3ccccc3n4-c3cccc(-c4cccc(-n5c6ccccc6c6c7c8ccccc8n(-c8ccccc8)c7ccc65)n4)n3)N(c3ccccc3)C2C=C1. The van der Waals surface area contributed by atoms with Crippen molar-refractivity contribution in [1.29, 1.82) is 0 Å². The highest BCUT2D eigenvalue weighted by molar-refractivity contribution is 6.29. The molecule has 0 spiro atoms. The van der Waals surface area contributed by atoms with Gasteiger partial charge in [-0.2, -0.15) is 0 Å². The molecule has 0 fully saturated rings. The number of hydrogen-bond acceptors (Lipinski definition) is 3. The molecule has 7 aromatic carbocycles. The molecule has 2 aliphatic rings. The van der Waals surface area contributed by atoms with Crippen LogP contribution in [0.15, 0.2) is 218 Å². The van der Waals surface area contributed by atoms with E-state index in [2.05, 4.69) is 237 Å². The number of fused-ring (bicyclic) bond motifs is 14. The Morgan fingerprint density at radius 2 is 0.812 bits per heavy atom. The van der Waals surface area contributed by atoms with E-state index in [0.717, 1.165) is 50.8 Å². The first-order valence-corrected chi connectivity index (χ1v) is 22.0. The molecule has 0 radical (unpaired) electrons. The number of para-hydroxylation sites is 5. The van der Waals surface area contributed by atoms with Gasteiger partial charge in [0.15, 0.2) is 0 Å². The molecule has 0 saturated carbocycles. The fraction of sp³-hybridized carbons (Fsp3) is 0.0345. The van der Waals surface area contributed by atoms with E-state index >= 15 is 0 Å². The van der Waals surface area contributed by atoms with Crippen molar-refractivity contribution >= 4 is 76.8 Å². The second-order valence-electron chi connectivity index (χ2n) is 16.9. The van der Waals surface area contributed by atoms with Gasteiger partial charge < -0.3 is 9.47 Å². The normalized spacial score (nSPS) is 15.7. The summed E-state index contributed by atoms with van der Waals surface area (Å²) in [4.78, 5) is 13.4. The number of rotatable bonds is 5. The maximum Gasteiger partial charge on any atom is 0.138 e. The first kappa shape index (κ1) is 35.2. The van der Waals surface area contributed by atoms with Crippen molar-refractivity contribution in [3.63, 3.8) is 0 Å². The summed E-state index contributed by atoms with van der Waals surface area (Å²) in [5.41, 5.74) is 13.5. The second-order valence-corrected chi connectivity index (χ2v) is 16.9. The summed E-state index contributed by atoms with van der Waals surface area (Å²) in [6, 6.07) is 69.7. The van der Waals surface area contributed by atoms with Gasteiger partial charge in [-0.1, -0.05) is 127 Å². The fourth-order valence-corrected chi connectivity index (χ4v) is 11.0. The molecular weight excluding hydrogens is 781 g/mol. The monoisotopic (exact) mass is 818 g/mol. The molecular formula is C58H38N6. The van der Waals surface area contributed by atoms with E-state index in [1.807, 2.05) is 0 Å². The maximum absolute atomic E-state index is 5.43. The molecule has 0 amide bonds. The summed E-state index contributed by atoms with van der Waals surface area (Å²) in [7, 11) is 0. The maximum atomic E-state index is 5.43. The first-order chi connectivity index (χ1) is 31.8. The minimum atomic E-state index is 0.199. The highest BCUT2D eigenvalue weighted by Crippen LogP contribution is 2.52. The van der Waals surface area contributed by atoms with Crippen LogP contribution < -0.4 is 4.90 Å². The standard InChI is InChI=1S/C58H38N6/c1-3-17-37(18-4-1)61-45-27-11-7-21-39(45)55-49(61)33-35-51-57(55)41-23-9-13-29-47(41)63(51)53-31-15-25-43(59-53)44-26-16-32-54(60-44)64-48-30-14-10-24-42(48)58-52(64)36-34-50-56(58)40-22-8-12-28-46(40)62(50)38-19-5-2-6-20-38/h1-36,39,45H. The fourth-order valence-electron chi connectivity index (χ4n) is 11.0. The molecule has 64 heavy (non-hydrogen) atoms. The predicted molar refractivity (Wildman–Crippen MR) is 264 cm³/mol. The summed E-state index contributed by atoms with van der Waals surface area (Å²) in [5, 5.41) is 7.40. The number of hydrogen-bond donors (Lipinski definition) is 0. The Labute approximate surface area is 368 Å². The molecule has 0 N–H and O–H groups in total. The third kappa shape index (κ3) is 4.90. The quantitative estimate of drug-likeness (QED) is 0.174. The number of benzene rings is 7. The molecule has 0 saturated heterocycles. The lowest BCUT2D eigenvalue weighted by Crippen LogP contribution is -2.28. The lowest BCUT2D eigenvalue weighted by atomic mass is 9.88. The van der Waals surface area contributed by atoms with Crippen molar-refractivity contribution in [2.75, 3.05) is 4.90 Å². The van der Waals surface area contributed by atoms with Gasteiger partial charge in [0, 0.05) is 55.3 Å². The van der Waals surface area contributed by atoms with Crippen LogP contribution >= 0.6 is 0 Å². The van der Waals surface area contributed by atoms with E-state index in [4.69, 9.17) is 9.97 Å². The van der Waals surface area contributed by atoms with E-state index in [0.29, 0.717) is 0 Å². The molecule has 300 valence electrons. The Hall–Kier alpha value is -8.48. The van der Waals surface area contributed by atoms with E-state index in [1.54, 1.807) is 0 Å². The van der Waals surface area contributed by atoms with Crippen LogP contribution in [0.3, 0.4) is 0 Å². The highest BCUT2D eigenvalue weighted by Gasteiger charge is 2.39. The Bertz CT molecular complexity index is 3920. The highest BCUT2D eigenvalue weighted by atomic mass is 15.2. The smallest absolute Gasteiger partial charge is 0.138 e. The van der Waals surface area contributed by atoms with Gasteiger partial charge >= 0.3 is 0 Å². The van der Waals surface area contributed by atoms with Crippen molar-refractivity contribution in [3.05, 3.63) is 224 Å². The average molecular weight is 819 g/mol. The topological polar surface area (TPSA) is 43.8 Å². The minimum Gasteiger partial charge on any atom is -0.333 e. The zero-order chi connectivity index (χ0) is 41.9. The van der Waals surface area contributed by atoms with Crippen molar-refractivity contribution < 1.29 is 0 Å². The summed E-state index contributed by atoms with van der Waals surface area (Å²) in [5.74, 6) is 1.92. The van der Waals surface area contributed by atoms with Crippen molar-refractivity contribution in [2.45, 2.75) is 12.0 Å². The third-order valence-corrected chi connectivity index (χ3v) is 13.6. The van der Waals surface area contributed by atoms with Crippen LogP contribution in [-0.2, 0) is 0 Å². The lowest BCUT2D eigenvalue weighted by molar-refractivity contribution is 0.747. The van der Waals surface area contributed by atoms with Gasteiger partial charge in [-0.3, -0.25) is 9.13 Å². The van der Waals surface area contributed by atoms with Crippen molar-refractivity contribution in [2.24, 2.45) is 0 Å². The second kappa shape index (κ2) is 13.5. The number of anilines is 2. The van der Waals surface area contributed by atoms with Gasteiger partial charge in [0.05, 0.1) is 50.5 Å². The molecule has 5 aromatic heterocycles. The molecule has 6 nitrogen and oxygen atoms in total. The zero-order valence-electron chi connectivity index (χ0n) is 34.6. The van der Waals surface area contributed by atoms with Crippen molar-refractivity contribution in [1.82, 2.24) is 23.7 Å². The summed E-state index contributed by atoms with van der Waals surface area (Å²) < 4.78 is 7.05. The Morgan fingerprint density at radius 1 is 0.344 bits per heavy atom. The minimum absolute atomic E-state index is 0.199. The van der Waals surface area contributed by atoms with Gasteiger partial charge in [0.25, 0.3) is 0 Å². The molecule has 0 bridgehead atoms. The third-order valence-electron chi connectivity index (χ3n) is 13.6. The van der Waals surface area contributed by atoms with Gasteiger partial charge in [-0.25, -0.2) is 9.97 Å². The number of nitrogens with zero attached hydrogens (tertiary/aromatic N) is 6. The number of aromatic nitrogens is 5. The van der Waals surface area contributed by atoms with Crippen LogP contribution in [0.2, 0.25) is 0 Å². The van der Waals surface area contributed by atoms with Gasteiger partial charge in [0.1, 0.15) is 11.6 Å². The number of allylic oxidation sites excluding steroid dienone is 2. The molecule has 14 rings (SSSR count). The first-order valence-electron chi connectivity index (χ1n) is 22.0. The largest absolute Gasteiger partial charge is 0.333 e. The van der Waals surface area contributed by atoms with Gasteiger partial charge in [0.2, 0.25) is 0 Å². The van der Waals surface area contributed by atoms with E-state index in [-0.39, 0.29) is 12.0 Å². The Morgan fingerprint density at radius 3 is 1.42 bits per heavy atom. The van der Waals surface area contributed by atoms with Crippen LogP contribution in [0.25, 0.3) is 94.1 Å². The average Bonchev–Trinajstić information content (AvgIpc) is 4.09. The molecule has 2 unspecified atom stereocenters. The molecule has 2 atom stereocenters. The van der Waals surface area contributed by atoms with Crippen LogP contribution in [0.5, 0.6) is 0 Å². The molecule has 1 aliphatic heterocycles. The Kier molecular flexibility index (Phi) is 7.42. The molecule has 6 heterocycles. The molecule has 6 heteroatoms. The van der Waals surface area contributed by atoms with Gasteiger partial charge in [-0.15, -0.1) is 0 Å². The van der Waals surface area contributed by atoms with Crippen LogP contribution in [0.4, 0.5) is 11.4 Å². The summed E-state index contributed by atoms with van der Waals surface area (Å²) >= 11 is 0. The van der Waals surface area contributed by atoms with E-state index in [9.17, 15) is 0 Å². The van der Waals surface area contributed by atoms with E-state index < -0.39 is 0 Å². The molecule has 1 aliphatic carbocycles. The summed E-state index contributed by atoms with van der Waals surface area (Å²) in [6.45, 7) is 0. The van der Waals surface area contributed by atoms with Crippen molar-refractivity contribution in [3.8, 4) is 28.7 Å². The zero-order valence-corrected chi connectivity index (χ0v) is 34.6.